The monoisotopic (exact) mass is 402 g/mol. The number of methoxy groups -OCH3 is 1. The van der Waals surface area contributed by atoms with Crippen LogP contribution in [0.4, 0.5) is 0 Å². The quantitative estimate of drug-likeness (QED) is 0.404. The van der Waals surface area contributed by atoms with E-state index >= 15 is 0 Å². The third-order valence-electron chi connectivity index (χ3n) is 4.58. The summed E-state index contributed by atoms with van der Waals surface area (Å²) in [6.45, 7) is 0.817. The molecule has 2 aliphatic carbocycles. The van der Waals surface area contributed by atoms with Crippen LogP contribution in [0.3, 0.4) is 0 Å². The summed E-state index contributed by atoms with van der Waals surface area (Å²) in [7, 11) is 1.39. The fraction of sp³-hybridized carbons (Fsp3) is 0.435. The highest BCUT2D eigenvalue weighted by atomic mass is 16.5. The second-order valence-electron chi connectivity index (χ2n) is 6.59. The average molecular weight is 402 g/mol. The summed E-state index contributed by atoms with van der Waals surface area (Å²) in [5, 5.41) is 0. The molecule has 6 nitrogen and oxygen atoms in total. The van der Waals surface area contributed by atoms with E-state index in [4.69, 9.17) is 9.47 Å². The molecule has 1 aromatic rings. The smallest absolute Gasteiger partial charge is 0.338 e. The van der Waals surface area contributed by atoms with Gasteiger partial charge in [-0.15, -0.1) is 0 Å². The van der Waals surface area contributed by atoms with Crippen molar-refractivity contribution in [2.45, 2.75) is 52.2 Å². The topological polar surface area (TPSA) is 78.9 Å². The van der Waals surface area contributed by atoms with Crippen molar-refractivity contribution < 1.29 is 28.6 Å². The van der Waals surface area contributed by atoms with Gasteiger partial charge in [0, 0.05) is 0 Å². The molecule has 2 aliphatic rings. The minimum absolute atomic E-state index is 0. The predicted molar refractivity (Wildman–Crippen MR) is 110 cm³/mol. The molecule has 0 N–H and O–H groups in total. The summed E-state index contributed by atoms with van der Waals surface area (Å²) in [4.78, 5) is 33.0. The van der Waals surface area contributed by atoms with E-state index in [1.807, 2.05) is 42.5 Å². The van der Waals surface area contributed by atoms with Crippen molar-refractivity contribution in [2.75, 3.05) is 7.11 Å². The number of ether oxygens (including phenoxy) is 3. The molecule has 6 heteroatoms. The fourth-order valence-corrected chi connectivity index (χ4v) is 3.12. The zero-order valence-corrected chi connectivity index (χ0v) is 16.0. The van der Waals surface area contributed by atoms with Crippen molar-refractivity contribution in [1.29, 1.82) is 0 Å². The maximum absolute atomic E-state index is 11.8. The molecule has 0 radical (unpaired) electrons. The van der Waals surface area contributed by atoms with Gasteiger partial charge >= 0.3 is 11.9 Å². The summed E-state index contributed by atoms with van der Waals surface area (Å²) in [5.74, 6) is -0.601. The minimum atomic E-state index is -0.276. The van der Waals surface area contributed by atoms with Crippen LogP contribution in [-0.4, -0.2) is 31.6 Å². The first-order valence-corrected chi connectivity index (χ1v) is 9.38. The molecule has 1 fully saturated rings. The van der Waals surface area contributed by atoms with Gasteiger partial charge in [0.2, 0.25) is 0 Å². The first-order chi connectivity index (χ1) is 13.6. The zero-order chi connectivity index (χ0) is 20.2. The zero-order valence-electron chi connectivity index (χ0n) is 16.0. The van der Waals surface area contributed by atoms with E-state index in [0.29, 0.717) is 25.1 Å². The minimum Gasteiger partial charge on any atom is -0.469 e. The van der Waals surface area contributed by atoms with Crippen LogP contribution in [0.25, 0.3) is 0 Å². The lowest BCUT2D eigenvalue weighted by Gasteiger charge is -2.13. The fourth-order valence-electron chi connectivity index (χ4n) is 3.12. The molecular weight excluding hydrogens is 372 g/mol. The molecule has 2 atom stereocenters. The van der Waals surface area contributed by atoms with Crippen molar-refractivity contribution >= 4 is 18.4 Å². The van der Waals surface area contributed by atoms with E-state index in [2.05, 4.69) is 4.74 Å². The third kappa shape index (κ3) is 8.34. The first-order valence-electron chi connectivity index (χ1n) is 9.38. The van der Waals surface area contributed by atoms with Gasteiger partial charge in [-0.2, -0.15) is 0 Å². The lowest BCUT2D eigenvalue weighted by molar-refractivity contribution is -0.148. The van der Waals surface area contributed by atoms with Crippen LogP contribution in [0.2, 0.25) is 0 Å². The summed E-state index contributed by atoms with van der Waals surface area (Å²) in [5.41, 5.74) is 1.64. The average Bonchev–Trinajstić information content (AvgIpc) is 3.22. The summed E-state index contributed by atoms with van der Waals surface area (Å²) in [6, 6.07) is 9.55. The van der Waals surface area contributed by atoms with Crippen LogP contribution in [0, 0.1) is 5.92 Å². The van der Waals surface area contributed by atoms with Crippen LogP contribution in [-0.2, 0) is 35.2 Å². The Labute approximate surface area is 172 Å². The van der Waals surface area contributed by atoms with Gasteiger partial charge in [0.25, 0.3) is 6.47 Å². The number of esters is 2. The lowest BCUT2D eigenvalue weighted by atomic mass is 10.1. The largest absolute Gasteiger partial charge is 0.469 e. The number of rotatable bonds is 6. The highest BCUT2D eigenvalue weighted by Gasteiger charge is 2.33. The van der Waals surface area contributed by atoms with E-state index in [0.717, 1.165) is 31.2 Å². The summed E-state index contributed by atoms with van der Waals surface area (Å²) >= 11 is 0. The number of hydrogen-bond donors (Lipinski definition) is 0. The molecule has 0 bridgehead atoms. The molecule has 0 saturated heterocycles. The maximum atomic E-state index is 11.8. The molecule has 1 unspecified atom stereocenters. The second kappa shape index (κ2) is 13.3. The van der Waals surface area contributed by atoms with Crippen molar-refractivity contribution in [3.05, 3.63) is 59.7 Å². The molecule has 0 spiro atoms. The van der Waals surface area contributed by atoms with Crippen LogP contribution >= 0.6 is 0 Å². The van der Waals surface area contributed by atoms with E-state index in [9.17, 15) is 14.4 Å². The van der Waals surface area contributed by atoms with Gasteiger partial charge in [0.05, 0.1) is 18.6 Å². The molecule has 29 heavy (non-hydrogen) atoms. The van der Waals surface area contributed by atoms with Gasteiger partial charge in [-0.1, -0.05) is 56.0 Å². The van der Waals surface area contributed by atoms with Crippen LogP contribution in [0.5, 0.6) is 0 Å². The SMILES string of the molecule is C.COC(=O)[C@H]1CCC(OC(=O)C2=CCCC=C2)C1.O=COCc1ccccc1. The maximum Gasteiger partial charge on any atom is 0.338 e. The van der Waals surface area contributed by atoms with E-state index in [-0.39, 0.29) is 31.4 Å². The molecular formula is C23H30O6. The van der Waals surface area contributed by atoms with Crippen molar-refractivity contribution in [3.8, 4) is 0 Å². The van der Waals surface area contributed by atoms with Crippen molar-refractivity contribution in [3.63, 3.8) is 0 Å². The van der Waals surface area contributed by atoms with Crippen LogP contribution in [0.15, 0.2) is 54.1 Å². The van der Waals surface area contributed by atoms with Gasteiger partial charge in [0.1, 0.15) is 12.7 Å². The number of carbonyl (C=O) groups is 3. The van der Waals surface area contributed by atoms with Crippen LogP contribution < -0.4 is 0 Å². The van der Waals surface area contributed by atoms with Gasteiger partial charge in [-0.3, -0.25) is 9.59 Å². The van der Waals surface area contributed by atoms with E-state index in [1.54, 1.807) is 6.08 Å². The number of hydrogen-bond acceptors (Lipinski definition) is 6. The predicted octanol–water partition coefficient (Wildman–Crippen LogP) is 4.14. The molecule has 1 aromatic carbocycles. The van der Waals surface area contributed by atoms with E-state index < -0.39 is 0 Å². The Morgan fingerprint density at radius 2 is 1.90 bits per heavy atom. The standard InChI is InChI=1S/C14H18O4.C8H8O2.CH4/c1-17-13(15)11-7-8-12(9-11)18-14(16)10-5-3-2-4-6-10;9-7-10-6-8-4-2-1-3-5-8;/h3,5-6,11-12H,2,4,7-9H2,1H3;1-5,7H,6H2;1H4/t11-,12?;;/m0../s1. The number of allylic oxidation sites excluding steroid dienone is 2. The Bertz CT molecular complexity index is 707. The Kier molecular flexibility index (Phi) is 11.1. The highest BCUT2D eigenvalue weighted by Crippen LogP contribution is 2.29. The number of carbonyl (C=O) groups excluding carboxylic acids is 3. The van der Waals surface area contributed by atoms with E-state index in [1.165, 1.54) is 7.11 Å². The summed E-state index contributed by atoms with van der Waals surface area (Å²) in [6.07, 6.45) is 9.44. The van der Waals surface area contributed by atoms with Gasteiger partial charge < -0.3 is 14.2 Å². The third-order valence-corrected chi connectivity index (χ3v) is 4.58. The van der Waals surface area contributed by atoms with Crippen LogP contribution in [0.1, 0.15) is 45.1 Å². The number of benzene rings is 1. The molecule has 0 amide bonds. The van der Waals surface area contributed by atoms with Gasteiger partial charge in [-0.05, 0) is 37.7 Å². The molecule has 0 aliphatic heterocycles. The van der Waals surface area contributed by atoms with Crippen molar-refractivity contribution in [1.82, 2.24) is 0 Å². The molecule has 1 saturated carbocycles. The highest BCUT2D eigenvalue weighted by molar-refractivity contribution is 5.91. The Hall–Kier alpha value is -2.89. The Morgan fingerprint density at radius 3 is 2.52 bits per heavy atom. The molecule has 3 rings (SSSR count). The Balaban J connectivity index is 0.000000327. The van der Waals surface area contributed by atoms with Crippen molar-refractivity contribution in [2.24, 2.45) is 5.92 Å². The second-order valence-corrected chi connectivity index (χ2v) is 6.59. The lowest BCUT2D eigenvalue weighted by Crippen LogP contribution is -2.19. The first kappa shape index (κ1) is 24.1. The Morgan fingerprint density at radius 1 is 1.14 bits per heavy atom. The normalized spacial score (nSPS) is 19.6. The molecule has 0 aromatic heterocycles. The molecule has 158 valence electrons. The van der Waals surface area contributed by atoms with Gasteiger partial charge in [-0.25, -0.2) is 4.79 Å². The molecule has 0 heterocycles. The van der Waals surface area contributed by atoms with Gasteiger partial charge in [0.15, 0.2) is 0 Å². The summed E-state index contributed by atoms with van der Waals surface area (Å²) < 4.78 is 14.7.